The fourth-order valence-electron chi connectivity index (χ4n) is 1.80. The zero-order valence-corrected chi connectivity index (χ0v) is 11.2. The van der Waals surface area contributed by atoms with Crippen LogP contribution in [0.25, 0.3) is 0 Å². The average Bonchev–Trinajstić information content (AvgIpc) is 2.35. The van der Waals surface area contributed by atoms with Crippen molar-refractivity contribution in [3.8, 4) is 0 Å². The molecule has 0 heterocycles. The second kappa shape index (κ2) is 5.50. The van der Waals surface area contributed by atoms with E-state index >= 15 is 0 Å². The Bertz CT molecular complexity index is 559. The lowest BCUT2D eigenvalue weighted by Gasteiger charge is -2.13. The summed E-state index contributed by atoms with van der Waals surface area (Å²) in [5.74, 6) is -0.327. The van der Waals surface area contributed by atoms with E-state index in [1.807, 2.05) is 0 Å². The van der Waals surface area contributed by atoms with Crippen molar-refractivity contribution in [2.75, 3.05) is 5.73 Å². The highest BCUT2D eigenvalue weighted by Crippen LogP contribution is 2.26. The first-order valence-electron chi connectivity index (χ1n) is 5.54. The number of hydrogen-bond acceptors (Lipinski definition) is 2. The van der Waals surface area contributed by atoms with E-state index < -0.39 is 6.10 Å². The van der Waals surface area contributed by atoms with E-state index in [2.05, 4.69) is 15.9 Å². The molecule has 0 saturated heterocycles. The molecule has 0 radical (unpaired) electrons. The summed E-state index contributed by atoms with van der Waals surface area (Å²) in [7, 11) is 0. The summed E-state index contributed by atoms with van der Waals surface area (Å²) < 4.78 is 13.7. The van der Waals surface area contributed by atoms with Crippen LogP contribution in [-0.2, 0) is 6.42 Å². The van der Waals surface area contributed by atoms with Gasteiger partial charge < -0.3 is 10.8 Å². The molecule has 2 rings (SSSR count). The molecule has 0 saturated carbocycles. The molecule has 1 unspecified atom stereocenters. The molecule has 2 aromatic rings. The van der Waals surface area contributed by atoms with Crippen molar-refractivity contribution < 1.29 is 9.50 Å². The van der Waals surface area contributed by atoms with Gasteiger partial charge in [0.05, 0.1) is 10.6 Å². The van der Waals surface area contributed by atoms with E-state index in [9.17, 15) is 9.50 Å². The summed E-state index contributed by atoms with van der Waals surface area (Å²) in [5.41, 5.74) is 7.72. The Kier molecular flexibility index (Phi) is 3.99. The third-order valence-corrected chi connectivity index (χ3v) is 3.63. The maximum absolute atomic E-state index is 13.3. The van der Waals surface area contributed by atoms with Crippen LogP contribution in [0.4, 0.5) is 10.1 Å². The smallest absolute Gasteiger partial charge is 0.137 e. The summed E-state index contributed by atoms with van der Waals surface area (Å²) in [6.07, 6.45) is -0.367. The van der Waals surface area contributed by atoms with E-state index in [-0.39, 0.29) is 5.82 Å². The standard InChI is InChI=1S/C14H13BrFNO/c15-14-10(4-2-6-12(14)16)8-13(18)9-3-1-5-11(17)7-9/h1-7,13,18H,8,17H2. The third kappa shape index (κ3) is 2.89. The van der Waals surface area contributed by atoms with Crippen LogP contribution in [0.3, 0.4) is 0 Å². The number of rotatable bonds is 3. The average molecular weight is 310 g/mol. The fraction of sp³-hybridized carbons (Fsp3) is 0.143. The van der Waals surface area contributed by atoms with Gasteiger partial charge in [-0.15, -0.1) is 0 Å². The summed E-state index contributed by atoms with van der Waals surface area (Å²) in [4.78, 5) is 0. The Hall–Kier alpha value is -1.39. The highest BCUT2D eigenvalue weighted by atomic mass is 79.9. The lowest BCUT2D eigenvalue weighted by atomic mass is 10.0. The quantitative estimate of drug-likeness (QED) is 0.853. The van der Waals surface area contributed by atoms with Crippen molar-refractivity contribution in [3.63, 3.8) is 0 Å². The molecule has 2 nitrogen and oxygen atoms in total. The minimum atomic E-state index is -0.702. The van der Waals surface area contributed by atoms with Crippen LogP contribution in [0.15, 0.2) is 46.9 Å². The number of aliphatic hydroxyl groups is 1. The molecular weight excluding hydrogens is 297 g/mol. The number of nitrogen functional groups attached to an aromatic ring is 1. The molecule has 0 bridgehead atoms. The molecule has 94 valence electrons. The van der Waals surface area contributed by atoms with Gasteiger partial charge in [-0.2, -0.15) is 0 Å². The minimum absolute atomic E-state index is 0.327. The van der Waals surface area contributed by atoms with Gasteiger partial charge in [0.1, 0.15) is 5.82 Å². The highest BCUT2D eigenvalue weighted by molar-refractivity contribution is 9.10. The second-order valence-corrected chi connectivity index (χ2v) is 4.90. The third-order valence-electron chi connectivity index (χ3n) is 2.74. The van der Waals surface area contributed by atoms with Gasteiger partial charge >= 0.3 is 0 Å². The number of benzene rings is 2. The van der Waals surface area contributed by atoms with Crippen LogP contribution < -0.4 is 5.73 Å². The second-order valence-electron chi connectivity index (χ2n) is 4.10. The van der Waals surface area contributed by atoms with Crippen molar-refractivity contribution in [2.45, 2.75) is 12.5 Å². The SMILES string of the molecule is Nc1cccc(C(O)Cc2cccc(F)c2Br)c1. The predicted molar refractivity (Wildman–Crippen MR) is 73.6 cm³/mol. The summed E-state index contributed by atoms with van der Waals surface area (Å²) in [5, 5.41) is 10.1. The zero-order valence-electron chi connectivity index (χ0n) is 9.61. The van der Waals surface area contributed by atoms with E-state index in [0.717, 1.165) is 11.1 Å². The Labute approximate surface area is 113 Å². The summed E-state index contributed by atoms with van der Waals surface area (Å²) in [6.45, 7) is 0. The Balaban J connectivity index is 2.21. The molecule has 0 aliphatic heterocycles. The molecule has 18 heavy (non-hydrogen) atoms. The largest absolute Gasteiger partial charge is 0.399 e. The molecule has 0 aromatic heterocycles. The van der Waals surface area contributed by atoms with Crippen molar-refractivity contribution in [1.82, 2.24) is 0 Å². The van der Waals surface area contributed by atoms with Crippen LogP contribution >= 0.6 is 15.9 Å². The van der Waals surface area contributed by atoms with Gasteiger partial charge in [0.2, 0.25) is 0 Å². The Morgan fingerprint density at radius 1 is 1.22 bits per heavy atom. The normalized spacial score (nSPS) is 12.4. The monoisotopic (exact) mass is 309 g/mol. The molecule has 3 N–H and O–H groups in total. The van der Waals surface area contributed by atoms with Crippen LogP contribution in [0.2, 0.25) is 0 Å². The first kappa shape index (κ1) is 13.1. The first-order valence-corrected chi connectivity index (χ1v) is 6.33. The molecule has 2 aromatic carbocycles. The Morgan fingerprint density at radius 3 is 2.67 bits per heavy atom. The number of halogens is 2. The minimum Gasteiger partial charge on any atom is -0.399 e. The lowest BCUT2D eigenvalue weighted by Crippen LogP contribution is -2.03. The molecule has 0 aliphatic rings. The summed E-state index contributed by atoms with van der Waals surface area (Å²) >= 11 is 3.18. The first-order chi connectivity index (χ1) is 8.58. The van der Waals surface area contributed by atoms with Crippen molar-refractivity contribution >= 4 is 21.6 Å². The number of aliphatic hydroxyl groups excluding tert-OH is 1. The molecule has 0 amide bonds. The van der Waals surface area contributed by atoms with Crippen molar-refractivity contribution in [3.05, 3.63) is 63.9 Å². The zero-order chi connectivity index (χ0) is 13.1. The molecule has 4 heteroatoms. The summed E-state index contributed by atoms with van der Waals surface area (Å²) in [6, 6.07) is 11.8. The molecule has 0 fully saturated rings. The van der Waals surface area contributed by atoms with E-state index in [4.69, 9.17) is 5.73 Å². The highest BCUT2D eigenvalue weighted by Gasteiger charge is 2.12. The van der Waals surface area contributed by atoms with Crippen molar-refractivity contribution in [1.29, 1.82) is 0 Å². The van der Waals surface area contributed by atoms with Gasteiger partial charge in [-0.3, -0.25) is 0 Å². The number of nitrogens with two attached hydrogens (primary N) is 1. The van der Waals surface area contributed by atoms with Gasteiger partial charge in [-0.1, -0.05) is 24.3 Å². The van der Waals surface area contributed by atoms with Gasteiger partial charge in [0, 0.05) is 12.1 Å². The Morgan fingerprint density at radius 2 is 1.94 bits per heavy atom. The fourth-order valence-corrected chi connectivity index (χ4v) is 2.22. The number of hydrogen-bond donors (Lipinski definition) is 2. The maximum atomic E-state index is 13.3. The van der Waals surface area contributed by atoms with Crippen LogP contribution in [0.5, 0.6) is 0 Å². The molecule has 0 aliphatic carbocycles. The number of anilines is 1. The van der Waals surface area contributed by atoms with Gasteiger partial charge in [-0.05, 0) is 45.3 Å². The van der Waals surface area contributed by atoms with Gasteiger partial charge in [0.25, 0.3) is 0 Å². The van der Waals surface area contributed by atoms with Gasteiger partial charge in [0.15, 0.2) is 0 Å². The maximum Gasteiger partial charge on any atom is 0.137 e. The topological polar surface area (TPSA) is 46.2 Å². The van der Waals surface area contributed by atoms with Crippen LogP contribution in [-0.4, -0.2) is 5.11 Å². The van der Waals surface area contributed by atoms with E-state index in [1.165, 1.54) is 6.07 Å². The molecule has 0 spiro atoms. The van der Waals surface area contributed by atoms with Crippen molar-refractivity contribution in [2.24, 2.45) is 0 Å². The predicted octanol–water partition coefficient (Wildman–Crippen LogP) is 3.45. The van der Waals surface area contributed by atoms with Crippen LogP contribution in [0, 0.1) is 5.82 Å². The molecule has 1 atom stereocenters. The van der Waals surface area contributed by atoms with Crippen LogP contribution in [0.1, 0.15) is 17.2 Å². The molecular formula is C14H13BrFNO. The lowest BCUT2D eigenvalue weighted by molar-refractivity contribution is 0.178. The van der Waals surface area contributed by atoms with Gasteiger partial charge in [-0.25, -0.2) is 4.39 Å². The van der Waals surface area contributed by atoms with E-state index in [0.29, 0.717) is 16.6 Å². The van der Waals surface area contributed by atoms with E-state index in [1.54, 1.807) is 36.4 Å².